The fourth-order valence-corrected chi connectivity index (χ4v) is 3.82. The van der Waals surface area contributed by atoms with E-state index in [1.165, 1.54) is 23.1 Å². The Kier molecular flexibility index (Phi) is 5.83. The second-order valence-corrected chi connectivity index (χ2v) is 8.76. The van der Waals surface area contributed by atoms with Crippen LogP contribution in [0.4, 0.5) is 10.8 Å². The number of pyridine rings is 1. The van der Waals surface area contributed by atoms with Gasteiger partial charge in [0.2, 0.25) is 11.0 Å². The molecular weight excluding hydrogens is 354 g/mol. The van der Waals surface area contributed by atoms with Gasteiger partial charge in [-0.25, -0.2) is 4.98 Å². The standard InChI is InChI=1S/C14H18ClN5OS2/c1-8(11(21)17-9-6-5-7-16-10(9)15)22-13-20-19-12(23-13)18-14(2,3)4/h5-8H,1-4H3,(H,17,21)(H,18,19). The number of hydrogen-bond acceptors (Lipinski definition) is 7. The number of thioether (sulfide) groups is 1. The minimum atomic E-state index is -0.332. The van der Waals surface area contributed by atoms with E-state index in [0.717, 1.165) is 9.47 Å². The highest BCUT2D eigenvalue weighted by atomic mass is 35.5. The lowest BCUT2D eigenvalue weighted by Crippen LogP contribution is -2.25. The maximum absolute atomic E-state index is 12.2. The van der Waals surface area contributed by atoms with Crippen molar-refractivity contribution in [1.82, 2.24) is 15.2 Å². The van der Waals surface area contributed by atoms with E-state index in [-0.39, 0.29) is 21.8 Å². The Balaban J connectivity index is 1.95. The molecule has 6 nitrogen and oxygen atoms in total. The van der Waals surface area contributed by atoms with E-state index in [1.54, 1.807) is 18.3 Å². The Bertz CT molecular complexity index is 686. The molecule has 2 aromatic heterocycles. The normalized spacial score (nSPS) is 12.7. The molecule has 0 spiro atoms. The van der Waals surface area contributed by atoms with Crippen molar-refractivity contribution in [3.05, 3.63) is 23.5 Å². The SMILES string of the molecule is CC(Sc1nnc(NC(C)(C)C)s1)C(=O)Nc1cccnc1Cl. The Labute approximate surface area is 148 Å². The minimum absolute atomic E-state index is 0.0818. The third-order valence-corrected chi connectivity index (χ3v) is 4.88. The molecule has 0 fully saturated rings. The lowest BCUT2D eigenvalue weighted by atomic mass is 10.1. The Morgan fingerprint density at radius 3 is 2.78 bits per heavy atom. The molecule has 0 aliphatic heterocycles. The largest absolute Gasteiger partial charge is 0.355 e. The van der Waals surface area contributed by atoms with E-state index in [4.69, 9.17) is 11.6 Å². The second-order valence-electron chi connectivity index (χ2n) is 5.84. The summed E-state index contributed by atoms with van der Waals surface area (Å²) in [6.45, 7) is 7.96. The molecular formula is C14H18ClN5OS2. The van der Waals surface area contributed by atoms with Crippen LogP contribution in [0.3, 0.4) is 0 Å². The Morgan fingerprint density at radius 2 is 2.13 bits per heavy atom. The first-order chi connectivity index (χ1) is 10.7. The van der Waals surface area contributed by atoms with Gasteiger partial charge in [-0.3, -0.25) is 4.79 Å². The number of amides is 1. The fraction of sp³-hybridized carbons (Fsp3) is 0.429. The zero-order chi connectivity index (χ0) is 17.0. The van der Waals surface area contributed by atoms with Gasteiger partial charge < -0.3 is 10.6 Å². The van der Waals surface area contributed by atoms with Crippen LogP contribution in [0.25, 0.3) is 0 Å². The van der Waals surface area contributed by atoms with Crippen LogP contribution in [0.2, 0.25) is 5.15 Å². The van der Waals surface area contributed by atoms with Crippen LogP contribution in [0, 0.1) is 0 Å². The van der Waals surface area contributed by atoms with Crippen LogP contribution in [0.5, 0.6) is 0 Å². The number of carbonyl (C=O) groups is 1. The van der Waals surface area contributed by atoms with Crippen LogP contribution >= 0.6 is 34.7 Å². The van der Waals surface area contributed by atoms with Gasteiger partial charge in [0.25, 0.3) is 0 Å². The first-order valence-electron chi connectivity index (χ1n) is 6.94. The van der Waals surface area contributed by atoms with Crippen molar-refractivity contribution in [3.8, 4) is 0 Å². The molecule has 2 N–H and O–H groups in total. The van der Waals surface area contributed by atoms with E-state index in [0.29, 0.717) is 5.69 Å². The highest BCUT2D eigenvalue weighted by molar-refractivity contribution is 8.02. The Morgan fingerprint density at radius 1 is 1.39 bits per heavy atom. The highest BCUT2D eigenvalue weighted by Gasteiger charge is 2.19. The van der Waals surface area contributed by atoms with Crippen LogP contribution in [0.15, 0.2) is 22.7 Å². The van der Waals surface area contributed by atoms with Crippen molar-refractivity contribution >= 4 is 51.4 Å². The highest BCUT2D eigenvalue weighted by Crippen LogP contribution is 2.30. The predicted octanol–water partition coefficient (Wildman–Crippen LogP) is 3.92. The van der Waals surface area contributed by atoms with Gasteiger partial charge >= 0.3 is 0 Å². The molecule has 0 aliphatic carbocycles. The number of anilines is 2. The number of hydrogen-bond donors (Lipinski definition) is 2. The summed E-state index contributed by atoms with van der Waals surface area (Å²) in [5, 5.41) is 14.9. The third-order valence-electron chi connectivity index (χ3n) is 2.55. The molecule has 0 bridgehead atoms. The van der Waals surface area contributed by atoms with Gasteiger partial charge in [0.05, 0.1) is 10.9 Å². The number of rotatable bonds is 5. The quantitative estimate of drug-likeness (QED) is 0.612. The molecule has 124 valence electrons. The molecule has 0 radical (unpaired) electrons. The molecule has 0 saturated heterocycles. The van der Waals surface area contributed by atoms with Gasteiger partial charge in [-0.2, -0.15) is 0 Å². The summed E-state index contributed by atoms with van der Waals surface area (Å²) in [6.07, 6.45) is 1.57. The van der Waals surface area contributed by atoms with Gasteiger partial charge in [-0.15, -0.1) is 10.2 Å². The van der Waals surface area contributed by atoms with Crippen molar-refractivity contribution in [3.63, 3.8) is 0 Å². The average Bonchev–Trinajstić information content (AvgIpc) is 2.86. The van der Waals surface area contributed by atoms with Gasteiger partial charge in [-0.05, 0) is 39.8 Å². The smallest absolute Gasteiger partial charge is 0.237 e. The Hall–Kier alpha value is -1.38. The molecule has 2 heterocycles. The maximum Gasteiger partial charge on any atom is 0.237 e. The molecule has 9 heteroatoms. The summed E-state index contributed by atoms with van der Waals surface area (Å²) in [4.78, 5) is 16.2. The van der Waals surface area contributed by atoms with Gasteiger partial charge in [0.15, 0.2) is 9.49 Å². The van der Waals surface area contributed by atoms with Gasteiger partial charge in [-0.1, -0.05) is 34.7 Å². The molecule has 0 aliphatic rings. The maximum atomic E-state index is 12.2. The first kappa shape index (κ1) is 18.0. The number of aromatic nitrogens is 3. The number of carbonyl (C=O) groups excluding carboxylic acids is 1. The summed E-state index contributed by atoms with van der Waals surface area (Å²) in [7, 11) is 0. The van der Waals surface area contributed by atoms with Crippen molar-refractivity contribution in [1.29, 1.82) is 0 Å². The molecule has 2 aromatic rings. The van der Waals surface area contributed by atoms with Crippen LogP contribution in [0.1, 0.15) is 27.7 Å². The van der Waals surface area contributed by atoms with Crippen LogP contribution in [-0.2, 0) is 4.79 Å². The van der Waals surface area contributed by atoms with Crippen LogP contribution in [-0.4, -0.2) is 31.9 Å². The number of nitrogens with one attached hydrogen (secondary N) is 2. The molecule has 1 atom stereocenters. The monoisotopic (exact) mass is 371 g/mol. The van der Waals surface area contributed by atoms with Crippen LogP contribution < -0.4 is 10.6 Å². The fourth-order valence-electron chi connectivity index (χ4n) is 1.55. The zero-order valence-corrected chi connectivity index (χ0v) is 15.6. The molecule has 1 unspecified atom stereocenters. The van der Waals surface area contributed by atoms with Crippen molar-refractivity contribution < 1.29 is 4.79 Å². The predicted molar refractivity (Wildman–Crippen MR) is 96.5 cm³/mol. The van der Waals surface area contributed by atoms with E-state index >= 15 is 0 Å². The van der Waals surface area contributed by atoms with Crippen molar-refractivity contribution in [2.75, 3.05) is 10.6 Å². The van der Waals surface area contributed by atoms with E-state index < -0.39 is 0 Å². The summed E-state index contributed by atoms with van der Waals surface area (Å²) >= 11 is 8.72. The number of halogens is 1. The van der Waals surface area contributed by atoms with Gasteiger partial charge in [0, 0.05) is 11.7 Å². The first-order valence-corrected chi connectivity index (χ1v) is 9.02. The molecule has 2 rings (SSSR count). The van der Waals surface area contributed by atoms with Crippen molar-refractivity contribution in [2.45, 2.75) is 42.8 Å². The van der Waals surface area contributed by atoms with Gasteiger partial charge in [0.1, 0.15) is 0 Å². The topological polar surface area (TPSA) is 79.8 Å². The third kappa shape index (κ3) is 5.63. The lowest BCUT2D eigenvalue weighted by molar-refractivity contribution is -0.115. The summed E-state index contributed by atoms with van der Waals surface area (Å²) < 4.78 is 0.733. The lowest BCUT2D eigenvalue weighted by Gasteiger charge is -2.18. The average molecular weight is 372 g/mol. The minimum Gasteiger partial charge on any atom is -0.355 e. The van der Waals surface area contributed by atoms with E-state index in [9.17, 15) is 4.79 Å². The molecule has 23 heavy (non-hydrogen) atoms. The molecule has 1 amide bonds. The van der Waals surface area contributed by atoms with E-state index in [1.807, 2.05) is 6.92 Å². The summed E-state index contributed by atoms with van der Waals surface area (Å²) in [6, 6.07) is 3.43. The molecule has 0 saturated carbocycles. The summed E-state index contributed by atoms with van der Waals surface area (Å²) in [5.74, 6) is -0.162. The number of nitrogens with zero attached hydrogens (tertiary/aromatic N) is 3. The van der Waals surface area contributed by atoms with Crippen molar-refractivity contribution in [2.24, 2.45) is 0 Å². The van der Waals surface area contributed by atoms with E-state index in [2.05, 4.69) is 46.6 Å². The molecule has 0 aromatic carbocycles. The summed E-state index contributed by atoms with van der Waals surface area (Å²) in [5.41, 5.74) is 0.417. The zero-order valence-electron chi connectivity index (χ0n) is 13.3. The second kappa shape index (κ2) is 7.46.